The van der Waals surface area contributed by atoms with Crippen molar-refractivity contribution in [1.29, 1.82) is 10.5 Å². The van der Waals surface area contributed by atoms with Gasteiger partial charge in [0.1, 0.15) is 0 Å². The normalized spacial score (nSPS) is 39.2. The molecule has 46 heavy (non-hydrogen) atoms. The van der Waals surface area contributed by atoms with E-state index in [9.17, 15) is 20.1 Å². The fourth-order valence-electron chi connectivity index (χ4n) is 10.8. The summed E-state index contributed by atoms with van der Waals surface area (Å²) in [7, 11) is 0. The van der Waals surface area contributed by atoms with Crippen LogP contribution in [-0.4, -0.2) is 46.8 Å². The van der Waals surface area contributed by atoms with Crippen LogP contribution in [0, 0.1) is 58.2 Å². The molecule has 0 aromatic carbocycles. The monoisotopic (exact) mass is 636 g/mol. The van der Waals surface area contributed by atoms with Crippen molar-refractivity contribution < 1.29 is 28.5 Å². The van der Waals surface area contributed by atoms with Crippen LogP contribution in [0.1, 0.15) is 130 Å². The molecule has 0 amide bonds. The Morgan fingerprint density at radius 2 is 0.935 bits per heavy atom. The Bertz CT molecular complexity index is 1120. The van der Waals surface area contributed by atoms with E-state index in [0.717, 1.165) is 74.0 Å². The number of esters is 2. The van der Waals surface area contributed by atoms with Crippen molar-refractivity contribution in [1.82, 2.24) is 0 Å². The van der Waals surface area contributed by atoms with Crippen molar-refractivity contribution in [3.63, 3.8) is 0 Å². The van der Waals surface area contributed by atoms with Gasteiger partial charge in [-0.15, -0.1) is 0 Å². The van der Waals surface area contributed by atoms with E-state index in [1.165, 1.54) is 38.5 Å². The zero-order valence-electron chi connectivity index (χ0n) is 28.2. The third-order valence-corrected chi connectivity index (χ3v) is 12.0. The zero-order chi connectivity index (χ0) is 32.7. The Morgan fingerprint density at radius 1 is 0.652 bits per heavy atom. The van der Waals surface area contributed by atoms with Crippen molar-refractivity contribution in [2.45, 2.75) is 165 Å². The van der Waals surface area contributed by atoms with Crippen molar-refractivity contribution in [2.75, 3.05) is 0 Å². The van der Waals surface area contributed by atoms with Crippen LogP contribution in [0.3, 0.4) is 0 Å². The molecule has 4 unspecified atom stereocenters. The first kappa shape index (κ1) is 33.3. The van der Waals surface area contributed by atoms with Gasteiger partial charge in [-0.3, -0.25) is 9.59 Å². The Morgan fingerprint density at radius 3 is 1.20 bits per heavy atom. The molecule has 0 radical (unpaired) electrons. The lowest BCUT2D eigenvalue weighted by molar-refractivity contribution is -0.246. The van der Waals surface area contributed by atoms with Gasteiger partial charge < -0.3 is 18.9 Å². The summed E-state index contributed by atoms with van der Waals surface area (Å²) in [5.41, 5.74) is -3.00. The van der Waals surface area contributed by atoms with Crippen molar-refractivity contribution in [2.24, 2.45) is 45.7 Å². The minimum atomic E-state index is -1.33. The topological polar surface area (TPSA) is 143 Å². The third-order valence-electron chi connectivity index (χ3n) is 12.0. The predicted molar refractivity (Wildman–Crippen MR) is 166 cm³/mol. The highest BCUT2D eigenvalue weighted by molar-refractivity contribution is 5.70. The smallest absolute Gasteiger partial charge is 0.308 e. The summed E-state index contributed by atoms with van der Waals surface area (Å²) >= 11 is 0. The Kier molecular flexibility index (Phi) is 9.28. The lowest BCUT2D eigenvalue weighted by Crippen LogP contribution is -2.53. The van der Waals surface area contributed by atoms with Gasteiger partial charge in [-0.2, -0.15) is 20.8 Å². The minimum absolute atomic E-state index is 0.0329. The molecule has 8 aliphatic rings. The Balaban J connectivity index is 0.935. The molecule has 252 valence electrons. The minimum Gasteiger partial charge on any atom is -0.436 e. The summed E-state index contributed by atoms with van der Waals surface area (Å²) in [6.45, 7) is 6.71. The highest BCUT2D eigenvalue weighted by atomic mass is 16.7. The van der Waals surface area contributed by atoms with E-state index in [-0.39, 0.29) is 36.9 Å². The van der Waals surface area contributed by atoms with E-state index in [1.54, 1.807) is 27.7 Å². The second-order valence-electron chi connectivity index (χ2n) is 16.5. The van der Waals surface area contributed by atoms with Crippen LogP contribution in [0.2, 0.25) is 0 Å². The third kappa shape index (κ3) is 7.60. The summed E-state index contributed by atoms with van der Waals surface area (Å²) in [5, 5.41) is 28.1. The molecule has 4 atom stereocenters. The number of azo groups is 1. The van der Waals surface area contributed by atoms with Gasteiger partial charge in [0.05, 0.1) is 23.3 Å². The van der Waals surface area contributed by atoms with Gasteiger partial charge in [0, 0.05) is 12.8 Å². The second-order valence-corrected chi connectivity index (χ2v) is 16.5. The van der Waals surface area contributed by atoms with Gasteiger partial charge in [0.2, 0.25) is 12.6 Å². The van der Waals surface area contributed by atoms with Crippen LogP contribution < -0.4 is 0 Å². The molecule has 10 nitrogen and oxygen atoms in total. The standard InChI is InChI=1S/C36H52N4O6/c1-23(45-35-15-25-9-26(16-35)11-27(10-25)17-35)43-31(41)5-7-33(3,21-37)39-40-34(4,22-38)8-6-32(42)44-24(2)46-36-18-28-12-29(19-36)14-30(13-28)20-36/h23-30H,5-20H2,1-4H3. The fraction of sp³-hybridized carbons (Fsp3) is 0.889. The molecule has 8 aliphatic carbocycles. The molecule has 8 rings (SSSR count). The van der Waals surface area contributed by atoms with Gasteiger partial charge in [0.15, 0.2) is 11.1 Å². The maximum atomic E-state index is 12.7. The first-order chi connectivity index (χ1) is 21.8. The quantitative estimate of drug-likeness (QED) is 0.110. The molecule has 0 heterocycles. The zero-order valence-corrected chi connectivity index (χ0v) is 28.2. The number of nitrogens with zero attached hydrogens (tertiary/aromatic N) is 4. The van der Waals surface area contributed by atoms with Crippen LogP contribution in [0.15, 0.2) is 10.2 Å². The molecular weight excluding hydrogens is 584 g/mol. The van der Waals surface area contributed by atoms with E-state index < -0.39 is 35.6 Å². The van der Waals surface area contributed by atoms with Gasteiger partial charge in [-0.1, -0.05) is 0 Å². The first-order valence-corrected chi connectivity index (χ1v) is 17.8. The van der Waals surface area contributed by atoms with Crippen molar-refractivity contribution in [3.05, 3.63) is 0 Å². The van der Waals surface area contributed by atoms with Crippen molar-refractivity contribution in [3.8, 4) is 12.1 Å². The second kappa shape index (κ2) is 12.8. The average molecular weight is 637 g/mol. The van der Waals surface area contributed by atoms with Crippen LogP contribution in [0.4, 0.5) is 0 Å². The highest BCUT2D eigenvalue weighted by Crippen LogP contribution is 2.58. The molecule has 0 aromatic rings. The van der Waals surface area contributed by atoms with Gasteiger partial charge in [-0.25, -0.2) is 0 Å². The van der Waals surface area contributed by atoms with E-state index in [0.29, 0.717) is 0 Å². The summed E-state index contributed by atoms with van der Waals surface area (Å²) in [6, 6.07) is 4.25. The fourth-order valence-corrected chi connectivity index (χ4v) is 10.8. The number of hydrogen-bond donors (Lipinski definition) is 0. The van der Waals surface area contributed by atoms with Crippen molar-refractivity contribution >= 4 is 11.9 Å². The van der Waals surface area contributed by atoms with Crippen LogP contribution >= 0.6 is 0 Å². The molecule has 8 bridgehead atoms. The molecule has 10 heteroatoms. The van der Waals surface area contributed by atoms with Gasteiger partial charge >= 0.3 is 11.9 Å². The molecule has 0 saturated heterocycles. The van der Waals surface area contributed by atoms with E-state index >= 15 is 0 Å². The summed E-state index contributed by atoms with van der Waals surface area (Å²) in [5.74, 6) is 3.48. The Hall–Kier alpha value is -2.56. The summed E-state index contributed by atoms with van der Waals surface area (Å²) in [6.07, 6.45) is 13.0. The lowest BCUT2D eigenvalue weighted by Gasteiger charge is -2.56. The number of rotatable bonds is 14. The van der Waals surface area contributed by atoms with Crippen LogP contribution in [-0.2, 0) is 28.5 Å². The molecule has 0 aliphatic heterocycles. The highest BCUT2D eigenvalue weighted by Gasteiger charge is 2.53. The molecule has 0 N–H and O–H groups in total. The Labute approximate surface area is 273 Å². The summed E-state index contributed by atoms with van der Waals surface area (Å²) < 4.78 is 24.0. The first-order valence-electron chi connectivity index (χ1n) is 17.8. The number of carbonyl (C=O) groups is 2. The molecular formula is C36H52N4O6. The number of carbonyl (C=O) groups excluding carboxylic acids is 2. The number of hydrogen-bond acceptors (Lipinski definition) is 10. The maximum Gasteiger partial charge on any atom is 0.308 e. The summed E-state index contributed by atoms with van der Waals surface area (Å²) in [4.78, 5) is 25.5. The number of ether oxygens (including phenoxy) is 4. The molecule has 8 saturated carbocycles. The SMILES string of the molecule is CC(OC(=O)CCC(C)(C#N)N=NC(C)(C#N)CCC(=O)OC(C)OC12CC3CC(CC(C3)C1)C2)OC12CC3CC(CC(C3)C1)C2. The lowest BCUT2D eigenvalue weighted by atomic mass is 9.54. The number of nitriles is 2. The van der Waals surface area contributed by atoms with Gasteiger partial charge in [-0.05, 0) is 153 Å². The van der Waals surface area contributed by atoms with E-state index in [4.69, 9.17) is 18.9 Å². The molecule has 0 aromatic heterocycles. The van der Waals surface area contributed by atoms with Gasteiger partial charge in [0.25, 0.3) is 0 Å². The van der Waals surface area contributed by atoms with Crippen LogP contribution in [0.25, 0.3) is 0 Å². The largest absolute Gasteiger partial charge is 0.436 e. The van der Waals surface area contributed by atoms with Crippen LogP contribution in [0.5, 0.6) is 0 Å². The average Bonchev–Trinajstić information content (AvgIpc) is 2.96. The molecule has 8 fully saturated rings. The maximum absolute atomic E-state index is 12.7. The predicted octanol–water partition coefficient (Wildman–Crippen LogP) is 7.31. The molecule has 0 spiro atoms. The van der Waals surface area contributed by atoms with E-state index in [2.05, 4.69) is 22.4 Å². The van der Waals surface area contributed by atoms with E-state index in [1.807, 2.05) is 0 Å².